The molecule has 1 rings (SSSR count). The van der Waals surface area contributed by atoms with Crippen LogP contribution in [0.1, 0.15) is 10.4 Å². The highest BCUT2D eigenvalue weighted by Crippen LogP contribution is 2.26. The second-order valence-corrected chi connectivity index (χ2v) is 2.35. The lowest BCUT2D eigenvalue weighted by Gasteiger charge is -2.00. The number of benzene rings is 1. The summed E-state index contributed by atoms with van der Waals surface area (Å²) in [5.74, 6) is -0.658. The normalized spacial score (nSPS) is 9.54. The summed E-state index contributed by atoms with van der Waals surface area (Å²) in [4.78, 5) is 19.8. The molecular weight excluding hydrogens is 173 g/mol. The molecular formula is C7H4BNO4. The van der Waals surface area contributed by atoms with Gasteiger partial charge in [-0.25, -0.2) is 0 Å². The van der Waals surface area contributed by atoms with Gasteiger partial charge in [0.05, 0.1) is 10.5 Å². The highest BCUT2D eigenvalue weighted by Gasteiger charge is 2.16. The first-order valence-corrected chi connectivity index (χ1v) is 3.28. The first kappa shape index (κ1) is 9.24. The summed E-state index contributed by atoms with van der Waals surface area (Å²) >= 11 is 0. The van der Waals surface area contributed by atoms with Crippen LogP contribution < -0.4 is 5.46 Å². The van der Waals surface area contributed by atoms with E-state index in [1.54, 1.807) is 0 Å². The molecule has 64 valence electrons. The van der Waals surface area contributed by atoms with Gasteiger partial charge in [-0.05, 0) is 0 Å². The van der Waals surface area contributed by atoms with Crippen LogP contribution in [0.2, 0.25) is 0 Å². The zero-order valence-electron chi connectivity index (χ0n) is 6.43. The van der Waals surface area contributed by atoms with Crippen molar-refractivity contribution in [1.82, 2.24) is 0 Å². The largest absolute Gasteiger partial charge is 0.502 e. The SMILES string of the molecule is [B]c1cc(C=O)c(O)c([N+](=O)[O-])c1. The van der Waals surface area contributed by atoms with E-state index < -0.39 is 16.4 Å². The monoisotopic (exact) mass is 177 g/mol. The Kier molecular flexibility index (Phi) is 2.32. The molecule has 1 aromatic carbocycles. The summed E-state index contributed by atoms with van der Waals surface area (Å²) in [7, 11) is 5.27. The molecule has 13 heavy (non-hydrogen) atoms. The number of phenolic OH excluding ortho intramolecular Hbond substituents is 1. The number of nitrogens with zero attached hydrogens (tertiary/aromatic N) is 1. The van der Waals surface area contributed by atoms with Crippen molar-refractivity contribution in [1.29, 1.82) is 0 Å². The first-order chi connectivity index (χ1) is 6.06. The van der Waals surface area contributed by atoms with E-state index in [1.165, 1.54) is 0 Å². The van der Waals surface area contributed by atoms with Gasteiger partial charge in [0.1, 0.15) is 7.85 Å². The molecule has 0 aromatic heterocycles. The Morgan fingerprint density at radius 2 is 2.15 bits per heavy atom. The van der Waals surface area contributed by atoms with Crippen molar-refractivity contribution in [2.45, 2.75) is 0 Å². The van der Waals surface area contributed by atoms with E-state index >= 15 is 0 Å². The van der Waals surface area contributed by atoms with Crippen LogP contribution in [0.15, 0.2) is 12.1 Å². The van der Waals surface area contributed by atoms with Crippen LogP contribution in [0, 0.1) is 10.1 Å². The quantitative estimate of drug-likeness (QED) is 0.296. The average molecular weight is 177 g/mol. The predicted molar refractivity (Wildman–Crippen MR) is 45.5 cm³/mol. The number of nitro groups is 1. The first-order valence-electron chi connectivity index (χ1n) is 3.28. The minimum absolute atomic E-state index is 0.0617. The van der Waals surface area contributed by atoms with Gasteiger partial charge in [-0.1, -0.05) is 11.5 Å². The second-order valence-electron chi connectivity index (χ2n) is 2.35. The molecule has 0 fully saturated rings. The third-order valence-electron chi connectivity index (χ3n) is 1.47. The number of nitro benzene ring substituents is 1. The molecule has 0 bridgehead atoms. The van der Waals surface area contributed by atoms with Crippen molar-refractivity contribution in [2.75, 3.05) is 0 Å². The molecule has 0 unspecified atom stereocenters. The lowest BCUT2D eigenvalue weighted by Crippen LogP contribution is -2.06. The van der Waals surface area contributed by atoms with Crippen molar-refractivity contribution in [3.8, 4) is 5.75 Å². The number of hydrogen-bond acceptors (Lipinski definition) is 4. The maximum atomic E-state index is 10.3. The third kappa shape index (κ3) is 1.66. The smallest absolute Gasteiger partial charge is 0.310 e. The van der Waals surface area contributed by atoms with Crippen LogP contribution in [0.4, 0.5) is 5.69 Å². The van der Waals surface area contributed by atoms with Crippen molar-refractivity contribution >= 4 is 25.3 Å². The standard InChI is InChI=1S/C7H4BNO4/c8-5-1-4(3-10)7(11)6(2-5)9(12)13/h1-3,11H. The van der Waals surface area contributed by atoms with Crippen LogP contribution in [0.5, 0.6) is 5.75 Å². The minimum atomic E-state index is -0.807. The highest BCUT2D eigenvalue weighted by molar-refractivity contribution is 6.33. The molecule has 5 nitrogen and oxygen atoms in total. The van der Waals surface area contributed by atoms with E-state index in [0.29, 0.717) is 6.29 Å². The molecule has 0 aliphatic heterocycles. The van der Waals surface area contributed by atoms with Crippen LogP contribution in [0.25, 0.3) is 0 Å². The van der Waals surface area contributed by atoms with Crippen LogP contribution in [-0.2, 0) is 0 Å². The summed E-state index contributed by atoms with van der Waals surface area (Å²) < 4.78 is 0. The Balaban J connectivity index is 3.44. The van der Waals surface area contributed by atoms with Gasteiger partial charge in [0.15, 0.2) is 6.29 Å². The maximum Gasteiger partial charge on any atom is 0.310 e. The van der Waals surface area contributed by atoms with Gasteiger partial charge in [0.2, 0.25) is 5.75 Å². The molecule has 0 saturated carbocycles. The fraction of sp³-hybridized carbons (Fsp3) is 0. The van der Waals surface area contributed by atoms with E-state index in [4.69, 9.17) is 13.0 Å². The summed E-state index contributed by atoms with van der Waals surface area (Å²) in [5, 5.41) is 19.5. The number of aromatic hydroxyl groups is 1. The summed E-state index contributed by atoms with van der Waals surface area (Å²) in [6.07, 6.45) is 0.304. The van der Waals surface area contributed by atoms with E-state index in [9.17, 15) is 14.9 Å². The van der Waals surface area contributed by atoms with Gasteiger partial charge in [-0.2, -0.15) is 0 Å². The molecule has 0 heterocycles. The van der Waals surface area contributed by atoms with Gasteiger partial charge >= 0.3 is 5.69 Å². The maximum absolute atomic E-state index is 10.3. The lowest BCUT2D eigenvalue weighted by molar-refractivity contribution is -0.385. The molecule has 0 atom stereocenters. The second kappa shape index (κ2) is 3.26. The molecule has 0 spiro atoms. The summed E-state index contributed by atoms with van der Waals surface area (Å²) in [6, 6.07) is 2.15. The summed E-state index contributed by atoms with van der Waals surface area (Å²) in [6.45, 7) is 0. The van der Waals surface area contributed by atoms with Gasteiger partial charge < -0.3 is 5.11 Å². The average Bonchev–Trinajstić information content (AvgIpc) is 2.08. The Bertz CT molecular complexity index is 377. The van der Waals surface area contributed by atoms with Gasteiger partial charge in [-0.15, -0.1) is 0 Å². The van der Waals surface area contributed by atoms with Crippen molar-refractivity contribution < 1.29 is 14.8 Å². The topological polar surface area (TPSA) is 80.4 Å². The van der Waals surface area contributed by atoms with Crippen LogP contribution >= 0.6 is 0 Å². The molecule has 1 N–H and O–H groups in total. The minimum Gasteiger partial charge on any atom is -0.502 e. The predicted octanol–water partition coefficient (Wildman–Crippen LogP) is -0.0933. The number of hydrogen-bond donors (Lipinski definition) is 1. The van der Waals surface area contributed by atoms with Crippen LogP contribution in [-0.4, -0.2) is 24.2 Å². The molecule has 6 heteroatoms. The lowest BCUT2D eigenvalue weighted by atomic mass is 9.93. The number of phenols is 1. The molecule has 0 aliphatic carbocycles. The third-order valence-corrected chi connectivity index (χ3v) is 1.47. The van der Waals surface area contributed by atoms with E-state index in [0.717, 1.165) is 12.1 Å². The number of rotatable bonds is 2. The number of carbonyl (C=O) groups is 1. The molecule has 0 saturated heterocycles. The van der Waals surface area contributed by atoms with E-state index in [2.05, 4.69) is 0 Å². The molecule has 0 amide bonds. The molecule has 1 aromatic rings. The van der Waals surface area contributed by atoms with E-state index in [-0.39, 0.29) is 11.0 Å². The van der Waals surface area contributed by atoms with Crippen LogP contribution in [0.3, 0.4) is 0 Å². The van der Waals surface area contributed by atoms with Crippen molar-refractivity contribution in [3.05, 3.63) is 27.8 Å². The molecule has 2 radical (unpaired) electrons. The van der Waals surface area contributed by atoms with Crippen molar-refractivity contribution in [3.63, 3.8) is 0 Å². The Labute approximate surface area is 74.6 Å². The Hall–Kier alpha value is -1.85. The fourth-order valence-electron chi connectivity index (χ4n) is 0.893. The number of aldehydes is 1. The fourth-order valence-corrected chi connectivity index (χ4v) is 0.893. The number of carbonyl (C=O) groups excluding carboxylic acids is 1. The molecule has 0 aliphatic rings. The van der Waals surface area contributed by atoms with Crippen molar-refractivity contribution in [2.24, 2.45) is 0 Å². The highest BCUT2D eigenvalue weighted by atomic mass is 16.6. The Morgan fingerprint density at radius 1 is 1.54 bits per heavy atom. The zero-order chi connectivity index (χ0) is 10.0. The van der Waals surface area contributed by atoms with Gasteiger partial charge in [0, 0.05) is 6.07 Å². The van der Waals surface area contributed by atoms with Gasteiger partial charge in [-0.3, -0.25) is 14.9 Å². The zero-order valence-corrected chi connectivity index (χ0v) is 6.43. The summed E-state index contributed by atoms with van der Waals surface area (Å²) in [5.41, 5.74) is -0.694. The Morgan fingerprint density at radius 3 is 2.62 bits per heavy atom. The van der Waals surface area contributed by atoms with E-state index in [1.807, 2.05) is 0 Å². The van der Waals surface area contributed by atoms with Gasteiger partial charge in [0.25, 0.3) is 0 Å².